The molecule has 4 rings (SSSR count). The van der Waals surface area contributed by atoms with Gasteiger partial charge in [0.2, 0.25) is 0 Å². The summed E-state index contributed by atoms with van der Waals surface area (Å²) in [5.41, 5.74) is -0.965. The Labute approximate surface area is 425 Å². The van der Waals surface area contributed by atoms with Crippen molar-refractivity contribution in [3.05, 3.63) is 0 Å². The second kappa shape index (κ2) is 23.2. The van der Waals surface area contributed by atoms with Crippen molar-refractivity contribution in [1.82, 2.24) is 0 Å². The number of carbonyl (C=O) groups excluding carboxylic acids is 6. The van der Waals surface area contributed by atoms with E-state index in [-0.39, 0.29) is 61.0 Å². The highest BCUT2D eigenvalue weighted by Crippen LogP contribution is 2.62. The molecule has 2 bridgehead atoms. The topological polar surface area (TPSA) is 195 Å². The molecule has 0 aromatic heterocycles. The summed E-state index contributed by atoms with van der Waals surface area (Å²) in [7, 11) is -4.05. The number of cyclic esters (lactones) is 2. The molecule has 18 heteroatoms. The molecule has 0 spiro atoms. The van der Waals surface area contributed by atoms with E-state index in [2.05, 4.69) is 26.2 Å². The fourth-order valence-corrected chi connectivity index (χ4v) is 46.6. The first kappa shape index (κ1) is 59.9. The molecule has 2 aliphatic heterocycles. The monoisotopic (exact) mass is 1050 g/mol. The lowest BCUT2D eigenvalue weighted by atomic mass is 9.57. The van der Waals surface area contributed by atoms with Crippen LogP contribution >= 0.6 is 0 Å². The van der Waals surface area contributed by atoms with Gasteiger partial charge in [-0.25, -0.2) is 0 Å². The summed E-state index contributed by atoms with van der Waals surface area (Å²) in [5, 5.41) is 11.1. The van der Waals surface area contributed by atoms with Crippen molar-refractivity contribution in [1.29, 1.82) is 0 Å². The van der Waals surface area contributed by atoms with Gasteiger partial charge in [-0.15, -0.1) is 0 Å². The molecule has 2 saturated heterocycles. The number of fused-ring (bicyclic) bond motifs is 2. The zero-order valence-corrected chi connectivity index (χ0v) is 50.5. The van der Waals surface area contributed by atoms with Gasteiger partial charge in [0.25, 0.3) is 0 Å². The zero-order chi connectivity index (χ0) is 53.1. The lowest BCUT2D eigenvalue weighted by Gasteiger charge is -2.44. The Bertz CT molecular complexity index is 1900. The van der Waals surface area contributed by atoms with Gasteiger partial charge in [0, 0.05) is 26.4 Å². The van der Waals surface area contributed by atoms with Crippen LogP contribution in [-0.4, -0.2) is 112 Å². The Morgan fingerprint density at radius 1 is 0.786 bits per heavy atom. The quantitative estimate of drug-likeness (QED) is 0.0355. The van der Waals surface area contributed by atoms with Gasteiger partial charge >= 0.3 is 41.8 Å². The van der Waals surface area contributed by atoms with Crippen LogP contribution in [0.4, 0.5) is 0 Å². The van der Waals surface area contributed by atoms with Crippen molar-refractivity contribution in [2.24, 2.45) is 64.1 Å². The molecule has 4 aliphatic rings. The lowest BCUT2D eigenvalue weighted by molar-refractivity contribution is -0.181. The molecule has 2 aliphatic carbocycles. The minimum absolute atomic E-state index is 0.126. The number of carbonyl (C=O) groups is 7. The molecule has 0 aromatic rings. The third kappa shape index (κ3) is 15.0. The van der Waals surface area contributed by atoms with Gasteiger partial charge in [-0.1, -0.05) is 58.7 Å². The number of hydrogen-bond donors (Lipinski definition) is 1. The molecule has 0 amide bonds. The van der Waals surface area contributed by atoms with Crippen molar-refractivity contribution >= 4 is 76.5 Å². The zero-order valence-electron chi connectivity index (χ0n) is 46.1. The maximum Gasteiger partial charge on any atom is 0.318 e. The van der Waals surface area contributed by atoms with Crippen LogP contribution in [0.5, 0.6) is 0 Å². The van der Waals surface area contributed by atoms with E-state index in [1.807, 2.05) is 34.6 Å². The molecule has 13 atom stereocenters. The highest BCUT2D eigenvalue weighted by Gasteiger charge is 2.67. The predicted octanol–water partition coefficient (Wildman–Crippen LogP) is 8.80. The van der Waals surface area contributed by atoms with E-state index < -0.39 is 122 Å². The Balaban J connectivity index is 1.53. The van der Waals surface area contributed by atoms with Crippen LogP contribution in [0, 0.1) is 64.1 Å². The van der Waals surface area contributed by atoms with Gasteiger partial charge in [0.1, 0.15) is 23.4 Å². The highest BCUT2D eigenvalue weighted by molar-refractivity contribution is 6.98. The minimum atomic E-state index is -1.90. The summed E-state index contributed by atoms with van der Waals surface area (Å²) < 4.78 is 35.9. The Morgan fingerprint density at radius 3 is 1.84 bits per heavy atom. The van der Waals surface area contributed by atoms with Crippen LogP contribution in [-0.2, 0) is 61.7 Å². The van der Waals surface area contributed by atoms with E-state index in [9.17, 15) is 38.7 Å². The van der Waals surface area contributed by atoms with Gasteiger partial charge in [0.15, 0.2) is 8.32 Å². The fraction of sp³-hybridized carbons (Fsp3) is 0.865. The molecular formula is C52H92O14Si4. The van der Waals surface area contributed by atoms with Gasteiger partial charge in [-0.3, -0.25) is 33.6 Å². The fourth-order valence-electron chi connectivity index (χ4n) is 13.3. The molecule has 0 aromatic carbocycles. The number of rotatable bonds is 22. The summed E-state index contributed by atoms with van der Waals surface area (Å²) in [6.45, 7) is 33.1. The number of ether oxygens (including phenoxy) is 5. The van der Waals surface area contributed by atoms with Crippen LogP contribution in [0.2, 0.25) is 48.9 Å². The SMILES string of the molecule is CCC(C)C(=O)OC(C)(C)CCC(C)(C)OC(=O)C(CC)CC(C)(CC(C)(C(=O)OC(C)(C)C)C1C(=O)OC(=O)C1C1C2CC(C(=O)OCCO[Si]3(C)C[SiH](C)C[SiH](C)C[SiH](C)C3)C(C2)C1C)C(=O)O. The normalized spacial score (nSPS) is 32.1. The van der Waals surface area contributed by atoms with Crippen molar-refractivity contribution in [3.8, 4) is 0 Å². The van der Waals surface area contributed by atoms with Gasteiger partial charge < -0.3 is 33.2 Å². The molecule has 4 fully saturated rings. The first-order chi connectivity index (χ1) is 32.1. The van der Waals surface area contributed by atoms with Crippen molar-refractivity contribution in [3.63, 3.8) is 0 Å². The van der Waals surface area contributed by atoms with E-state index in [1.165, 1.54) is 36.5 Å². The summed E-state index contributed by atoms with van der Waals surface area (Å²) >= 11 is 0. The number of esters is 6. The molecule has 0 radical (unpaired) electrons. The maximum absolute atomic E-state index is 14.7. The molecule has 400 valence electrons. The van der Waals surface area contributed by atoms with Gasteiger partial charge in [-0.05, 0) is 155 Å². The third-order valence-electron chi connectivity index (χ3n) is 16.7. The maximum atomic E-state index is 14.7. The first-order valence-electron chi connectivity index (χ1n) is 26.6. The average Bonchev–Trinajstić information content (AvgIpc) is 3.88. The standard InChI is InChI=1S/C52H92O14Si4/c1-18-32(3)41(53)64-49(8,9)20-21-50(10,11)65-42(54)34(19-2)26-51(12,46(58)59)27-52(13,47(60)66-48(5,6)7)40-39(44(56)63-45(40)57)38-33(4)36-24-35(38)25-37(36)43(55)61-22-23-62-70(17)30-68(15)28-67(14)29-69(16)31-70/h32-40,67-69H,18-31H2,1-17H3,(H,58,59). The smallest absolute Gasteiger partial charge is 0.318 e. The summed E-state index contributed by atoms with van der Waals surface area (Å²) in [4.78, 5) is 96.9. The second-order valence-electron chi connectivity index (χ2n) is 25.8. The molecule has 14 nitrogen and oxygen atoms in total. The highest BCUT2D eigenvalue weighted by atomic mass is 28.4. The van der Waals surface area contributed by atoms with E-state index >= 15 is 0 Å². The van der Waals surface area contributed by atoms with Crippen molar-refractivity contribution in [2.75, 3.05) is 13.2 Å². The molecule has 1 N–H and O–H groups in total. The molecule has 2 heterocycles. The summed E-state index contributed by atoms with van der Waals surface area (Å²) in [6.07, 6.45) is 2.01. The van der Waals surface area contributed by atoms with E-state index in [4.69, 9.17) is 28.1 Å². The van der Waals surface area contributed by atoms with E-state index in [0.717, 1.165) is 0 Å². The Hall–Kier alpha value is -2.68. The minimum Gasteiger partial charge on any atom is -0.481 e. The first-order valence-corrected chi connectivity index (χ1v) is 37.8. The number of hydrogen-bond acceptors (Lipinski definition) is 13. The van der Waals surface area contributed by atoms with Crippen LogP contribution in [0.15, 0.2) is 0 Å². The van der Waals surface area contributed by atoms with Crippen molar-refractivity contribution in [2.45, 2.75) is 207 Å². The largest absolute Gasteiger partial charge is 0.481 e. The Kier molecular flexibility index (Phi) is 19.9. The number of carboxylic acids is 1. The summed E-state index contributed by atoms with van der Waals surface area (Å²) in [6, 6.07) is 0. The van der Waals surface area contributed by atoms with Crippen LogP contribution in [0.1, 0.15) is 141 Å². The van der Waals surface area contributed by atoms with Crippen LogP contribution < -0.4 is 0 Å². The average molecular weight is 1050 g/mol. The van der Waals surface area contributed by atoms with Gasteiger partial charge in [0.05, 0.1) is 47.0 Å². The Morgan fingerprint density at radius 2 is 1.34 bits per heavy atom. The molecule has 13 unspecified atom stereocenters. The van der Waals surface area contributed by atoms with Crippen molar-refractivity contribution < 1.29 is 66.8 Å². The predicted molar refractivity (Wildman–Crippen MR) is 279 cm³/mol. The third-order valence-corrected chi connectivity index (χ3v) is 42.9. The van der Waals surface area contributed by atoms with E-state index in [0.29, 0.717) is 38.7 Å². The number of carboxylic acid groups (broad SMARTS) is 1. The number of aliphatic carboxylic acids is 1. The molecule has 2 saturated carbocycles. The summed E-state index contributed by atoms with van der Waals surface area (Å²) in [5.74, 6) is -10.0. The van der Waals surface area contributed by atoms with Gasteiger partial charge in [-0.2, -0.15) is 0 Å². The molecular weight excluding hydrogens is 961 g/mol. The second-order valence-corrected chi connectivity index (χ2v) is 42.6. The van der Waals surface area contributed by atoms with Crippen LogP contribution in [0.25, 0.3) is 0 Å². The lowest BCUT2D eigenvalue weighted by Crippen LogP contribution is -2.52. The van der Waals surface area contributed by atoms with Crippen LogP contribution in [0.3, 0.4) is 0 Å². The molecule has 70 heavy (non-hydrogen) atoms. The van der Waals surface area contributed by atoms with E-state index in [1.54, 1.807) is 41.5 Å².